The lowest BCUT2D eigenvalue weighted by atomic mass is 10.1. The molecule has 0 unspecified atom stereocenters. The van der Waals surface area contributed by atoms with Crippen LogP contribution in [-0.2, 0) is 0 Å². The number of aliphatic hydroxyl groups excluding tert-OH is 2. The van der Waals surface area contributed by atoms with Gasteiger partial charge in [0.1, 0.15) is 0 Å². The van der Waals surface area contributed by atoms with E-state index >= 15 is 0 Å². The first-order valence-electron chi connectivity index (χ1n) is 8.53. The minimum Gasteiger partial charge on any atom is -0.396 e. The van der Waals surface area contributed by atoms with Crippen molar-refractivity contribution in [1.82, 2.24) is 9.80 Å². The van der Waals surface area contributed by atoms with E-state index in [1.807, 2.05) is 0 Å². The topological polar surface area (TPSA) is 46.9 Å². The SMILES string of the molecule is OCCCN1CCCCC1.OCCCN1CCCCC1. The average molecular weight is 286 g/mol. The Labute approximate surface area is 124 Å². The predicted octanol–water partition coefficient (Wildman–Crippen LogP) is 1.71. The molecule has 0 atom stereocenters. The van der Waals surface area contributed by atoms with Crippen LogP contribution in [0.3, 0.4) is 0 Å². The normalized spacial score (nSPS) is 21.3. The zero-order chi connectivity index (χ0) is 14.5. The van der Waals surface area contributed by atoms with Crippen LogP contribution in [0.2, 0.25) is 0 Å². The second-order valence-electron chi connectivity index (χ2n) is 5.96. The summed E-state index contributed by atoms with van der Waals surface area (Å²) in [5.74, 6) is 0. The van der Waals surface area contributed by atoms with E-state index in [9.17, 15) is 0 Å². The molecule has 2 saturated heterocycles. The number of rotatable bonds is 6. The molecule has 2 aliphatic rings. The molecule has 0 aromatic rings. The third kappa shape index (κ3) is 8.90. The van der Waals surface area contributed by atoms with Crippen LogP contribution in [0.25, 0.3) is 0 Å². The van der Waals surface area contributed by atoms with Crippen LogP contribution in [0.1, 0.15) is 51.4 Å². The summed E-state index contributed by atoms with van der Waals surface area (Å²) in [6.45, 7) is 7.88. The summed E-state index contributed by atoms with van der Waals surface area (Å²) in [5.41, 5.74) is 0. The third-order valence-corrected chi connectivity index (χ3v) is 4.16. The van der Waals surface area contributed by atoms with Crippen molar-refractivity contribution >= 4 is 0 Å². The van der Waals surface area contributed by atoms with Crippen LogP contribution >= 0.6 is 0 Å². The molecule has 120 valence electrons. The summed E-state index contributed by atoms with van der Waals surface area (Å²) in [5, 5.41) is 17.1. The van der Waals surface area contributed by atoms with E-state index in [0.29, 0.717) is 13.2 Å². The number of hydrogen-bond donors (Lipinski definition) is 2. The zero-order valence-electron chi connectivity index (χ0n) is 13.1. The van der Waals surface area contributed by atoms with Gasteiger partial charge in [-0.3, -0.25) is 0 Å². The molecule has 0 aliphatic carbocycles. The molecule has 0 aromatic carbocycles. The van der Waals surface area contributed by atoms with Crippen molar-refractivity contribution < 1.29 is 10.2 Å². The minimum atomic E-state index is 0.344. The van der Waals surface area contributed by atoms with Crippen molar-refractivity contribution in [3.8, 4) is 0 Å². The second kappa shape index (κ2) is 12.6. The van der Waals surface area contributed by atoms with Crippen molar-refractivity contribution in [3.63, 3.8) is 0 Å². The van der Waals surface area contributed by atoms with E-state index in [-0.39, 0.29) is 0 Å². The Morgan fingerprint density at radius 1 is 0.550 bits per heavy atom. The summed E-state index contributed by atoms with van der Waals surface area (Å²) in [7, 11) is 0. The van der Waals surface area contributed by atoms with Gasteiger partial charge >= 0.3 is 0 Å². The van der Waals surface area contributed by atoms with Crippen LogP contribution in [0, 0.1) is 0 Å². The molecular weight excluding hydrogens is 252 g/mol. The smallest absolute Gasteiger partial charge is 0.0443 e. The van der Waals surface area contributed by atoms with Crippen molar-refractivity contribution in [2.45, 2.75) is 51.4 Å². The number of likely N-dealkylation sites (tertiary alicyclic amines) is 2. The molecule has 0 bridgehead atoms. The Balaban J connectivity index is 0.000000200. The number of nitrogens with zero attached hydrogens (tertiary/aromatic N) is 2. The van der Waals surface area contributed by atoms with E-state index in [1.54, 1.807) is 0 Å². The van der Waals surface area contributed by atoms with Crippen LogP contribution in [-0.4, -0.2) is 72.5 Å². The number of hydrogen-bond acceptors (Lipinski definition) is 4. The Bertz CT molecular complexity index is 181. The zero-order valence-corrected chi connectivity index (χ0v) is 13.1. The fraction of sp³-hybridized carbons (Fsp3) is 1.00. The van der Waals surface area contributed by atoms with Gasteiger partial charge < -0.3 is 20.0 Å². The van der Waals surface area contributed by atoms with Crippen LogP contribution in [0.15, 0.2) is 0 Å². The van der Waals surface area contributed by atoms with Gasteiger partial charge in [-0.05, 0) is 64.7 Å². The Hall–Kier alpha value is -0.160. The van der Waals surface area contributed by atoms with E-state index < -0.39 is 0 Å². The molecule has 2 fully saturated rings. The highest BCUT2D eigenvalue weighted by Crippen LogP contribution is 2.08. The van der Waals surface area contributed by atoms with Crippen LogP contribution in [0.5, 0.6) is 0 Å². The quantitative estimate of drug-likeness (QED) is 0.780. The molecule has 2 rings (SSSR count). The predicted molar refractivity (Wildman–Crippen MR) is 84.0 cm³/mol. The monoisotopic (exact) mass is 286 g/mol. The first-order valence-corrected chi connectivity index (χ1v) is 8.53. The molecule has 2 heterocycles. The van der Waals surface area contributed by atoms with E-state index in [4.69, 9.17) is 10.2 Å². The maximum Gasteiger partial charge on any atom is 0.0443 e. The maximum absolute atomic E-state index is 8.57. The van der Waals surface area contributed by atoms with Crippen LogP contribution in [0.4, 0.5) is 0 Å². The van der Waals surface area contributed by atoms with Crippen molar-refractivity contribution in [2.75, 3.05) is 52.5 Å². The first kappa shape index (κ1) is 17.9. The minimum absolute atomic E-state index is 0.344. The highest BCUT2D eigenvalue weighted by atomic mass is 16.3. The summed E-state index contributed by atoms with van der Waals surface area (Å²) in [6, 6.07) is 0. The molecule has 0 radical (unpaired) electrons. The van der Waals surface area contributed by atoms with Crippen molar-refractivity contribution in [1.29, 1.82) is 0 Å². The maximum atomic E-state index is 8.57. The van der Waals surface area contributed by atoms with Gasteiger partial charge in [-0.25, -0.2) is 0 Å². The molecule has 2 aliphatic heterocycles. The van der Waals surface area contributed by atoms with Crippen LogP contribution < -0.4 is 0 Å². The molecule has 0 amide bonds. The van der Waals surface area contributed by atoms with Gasteiger partial charge in [0.2, 0.25) is 0 Å². The number of aliphatic hydroxyl groups is 2. The Morgan fingerprint density at radius 3 is 1.20 bits per heavy atom. The average Bonchev–Trinajstić information content (AvgIpc) is 2.53. The molecule has 2 N–H and O–H groups in total. The van der Waals surface area contributed by atoms with E-state index in [0.717, 1.165) is 25.9 Å². The lowest BCUT2D eigenvalue weighted by Crippen LogP contribution is -2.30. The third-order valence-electron chi connectivity index (χ3n) is 4.16. The second-order valence-corrected chi connectivity index (χ2v) is 5.96. The molecular formula is C16H34N2O2. The first-order chi connectivity index (χ1) is 9.86. The van der Waals surface area contributed by atoms with Gasteiger partial charge in [0.05, 0.1) is 0 Å². The molecule has 0 spiro atoms. The number of piperidine rings is 2. The van der Waals surface area contributed by atoms with Crippen molar-refractivity contribution in [2.24, 2.45) is 0 Å². The largest absolute Gasteiger partial charge is 0.396 e. The van der Waals surface area contributed by atoms with E-state index in [1.165, 1.54) is 64.7 Å². The fourth-order valence-electron chi connectivity index (χ4n) is 2.95. The lowest BCUT2D eigenvalue weighted by molar-refractivity contribution is 0.198. The van der Waals surface area contributed by atoms with E-state index in [2.05, 4.69) is 9.80 Å². The summed E-state index contributed by atoms with van der Waals surface area (Å²) in [4.78, 5) is 4.89. The standard InChI is InChI=1S/2C8H17NO/c2*10-8-4-7-9-5-2-1-3-6-9/h2*10H,1-8H2. The molecule has 4 heteroatoms. The van der Waals surface area contributed by atoms with Gasteiger partial charge in [-0.2, -0.15) is 0 Å². The van der Waals surface area contributed by atoms with Gasteiger partial charge in [0.25, 0.3) is 0 Å². The van der Waals surface area contributed by atoms with Crippen molar-refractivity contribution in [3.05, 3.63) is 0 Å². The molecule has 0 aromatic heterocycles. The highest BCUT2D eigenvalue weighted by molar-refractivity contribution is 4.64. The summed E-state index contributed by atoms with van der Waals surface area (Å²) in [6.07, 6.45) is 10.1. The summed E-state index contributed by atoms with van der Waals surface area (Å²) >= 11 is 0. The Morgan fingerprint density at radius 2 is 0.900 bits per heavy atom. The lowest BCUT2D eigenvalue weighted by Gasteiger charge is -2.25. The Kier molecular flexibility index (Phi) is 11.2. The molecule has 0 saturated carbocycles. The highest BCUT2D eigenvalue weighted by Gasteiger charge is 2.08. The van der Waals surface area contributed by atoms with Gasteiger partial charge in [-0.15, -0.1) is 0 Å². The summed E-state index contributed by atoms with van der Waals surface area (Å²) < 4.78 is 0. The molecule has 20 heavy (non-hydrogen) atoms. The fourth-order valence-corrected chi connectivity index (χ4v) is 2.95. The van der Waals surface area contributed by atoms with Gasteiger partial charge in [-0.1, -0.05) is 12.8 Å². The molecule has 4 nitrogen and oxygen atoms in total. The van der Waals surface area contributed by atoms with Gasteiger partial charge in [0, 0.05) is 26.3 Å². The van der Waals surface area contributed by atoms with Gasteiger partial charge in [0.15, 0.2) is 0 Å².